The maximum absolute atomic E-state index is 5.47. The van der Waals surface area contributed by atoms with Gasteiger partial charge in [-0.2, -0.15) is 0 Å². The normalized spacial score (nSPS) is 13.6. The Labute approximate surface area is 156 Å². The minimum absolute atomic E-state index is 0.912. The Morgan fingerprint density at radius 2 is 1.27 bits per heavy atom. The van der Waals surface area contributed by atoms with Gasteiger partial charge in [-0.3, -0.25) is 0 Å². The molecule has 0 amide bonds. The number of aryl methyl sites for hydroxylation is 4. The van der Waals surface area contributed by atoms with Crippen molar-refractivity contribution in [3.63, 3.8) is 0 Å². The minimum atomic E-state index is 0.912. The van der Waals surface area contributed by atoms with Crippen LogP contribution >= 0.6 is 0 Å². The van der Waals surface area contributed by atoms with Gasteiger partial charge in [0.2, 0.25) is 0 Å². The van der Waals surface area contributed by atoms with E-state index in [1.165, 1.54) is 27.8 Å². The van der Waals surface area contributed by atoms with Gasteiger partial charge in [0, 0.05) is 5.56 Å². The van der Waals surface area contributed by atoms with E-state index in [4.69, 9.17) is 4.74 Å². The van der Waals surface area contributed by atoms with Gasteiger partial charge in [-0.1, -0.05) is 72.8 Å². The Hall–Kier alpha value is -2.80. The quantitative estimate of drug-likeness (QED) is 0.552. The molecule has 4 bridgehead atoms. The van der Waals surface area contributed by atoms with Crippen molar-refractivity contribution in [1.82, 2.24) is 0 Å². The zero-order chi connectivity index (χ0) is 17.8. The monoisotopic (exact) mass is 340 g/mol. The van der Waals surface area contributed by atoms with Crippen LogP contribution in [0, 0.1) is 0 Å². The highest BCUT2D eigenvalue weighted by Gasteiger charge is 2.07. The van der Waals surface area contributed by atoms with Gasteiger partial charge in [-0.15, -0.1) is 0 Å². The third-order valence-electron chi connectivity index (χ3n) is 5.20. The summed E-state index contributed by atoms with van der Waals surface area (Å²) in [5.74, 6) is 0.912. The number of benzene rings is 3. The second kappa shape index (κ2) is 7.61. The standard InChI is InChI=1S/C25H24O/c1-26-25-5-3-2-4-23(25)16-17-24-18-21-11-10-19-6-8-20(9-7-19)12-14-22(24)15-13-21/h2-9,13,15-18H,10-12,14H2,1H3/b17-16+. The summed E-state index contributed by atoms with van der Waals surface area (Å²) in [4.78, 5) is 0. The van der Waals surface area contributed by atoms with Crippen molar-refractivity contribution >= 4 is 12.2 Å². The fraction of sp³-hybridized carbons (Fsp3) is 0.200. The number of rotatable bonds is 3. The van der Waals surface area contributed by atoms with Gasteiger partial charge >= 0.3 is 0 Å². The van der Waals surface area contributed by atoms with E-state index < -0.39 is 0 Å². The largest absolute Gasteiger partial charge is 0.496 e. The van der Waals surface area contributed by atoms with Gasteiger partial charge in [0.25, 0.3) is 0 Å². The fourth-order valence-corrected chi connectivity index (χ4v) is 3.61. The van der Waals surface area contributed by atoms with Crippen LogP contribution < -0.4 is 4.74 Å². The molecule has 130 valence electrons. The number of hydrogen-bond donors (Lipinski definition) is 0. The van der Waals surface area contributed by atoms with Gasteiger partial charge in [0.05, 0.1) is 7.11 Å². The molecule has 3 aromatic rings. The predicted molar refractivity (Wildman–Crippen MR) is 110 cm³/mol. The van der Waals surface area contributed by atoms with Crippen LogP contribution in [-0.2, 0) is 25.7 Å². The third-order valence-corrected chi connectivity index (χ3v) is 5.20. The Morgan fingerprint density at radius 3 is 2.04 bits per heavy atom. The molecular weight excluding hydrogens is 316 g/mol. The molecule has 0 radical (unpaired) electrons. The first-order chi connectivity index (χ1) is 12.8. The zero-order valence-corrected chi connectivity index (χ0v) is 15.2. The lowest BCUT2D eigenvalue weighted by Gasteiger charge is -2.13. The molecule has 1 heteroatoms. The van der Waals surface area contributed by atoms with Crippen LogP contribution in [0.3, 0.4) is 0 Å². The van der Waals surface area contributed by atoms with Crippen LogP contribution in [0.1, 0.15) is 33.4 Å². The number of methoxy groups -OCH3 is 1. The summed E-state index contributed by atoms with van der Waals surface area (Å²) < 4.78 is 5.47. The molecule has 0 spiro atoms. The molecule has 26 heavy (non-hydrogen) atoms. The van der Waals surface area contributed by atoms with Gasteiger partial charge in [-0.05, 0) is 59.6 Å². The molecule has 0 atom stereocenters. The SMILES string of the molecule is COc1ccccc1/C=C/c1cc2ccc1CCc1ccc(cc1)CC2. The highest BCUT2D eigenvalue weighted by molar-refractivity contribution is 5.74. The summed E-state index contributed by atoms with van der Waals surface area (Å²) >= 11 is 0. The van der Waals surface area contributed by atoms with E-state index in [1.54, 1.807) is 7.11 Å². The van der Waals surface area contributed by atoms with Gasteiger partial charge in [-0.25, -0.2) is 0 Å². The van der Waals surface area contributed by atoms with Crippen molar-refractivity contribution in [3.8, 4) is 5.75 Å². The highest BCUT2D eigenvalue weighted by atomic mass is 16.5. The molecule has 0 N–H and O–H groups in total. The summed E-state index contributed by atoms with van der Waals surface area (Å²) in [6, 6.07) is 24.3. The second-order valence-electron chi connectivity index (χ2n) is 6.92. The van der Waals surface area contributed by atoms with Crippen LogP contribution in [0.15, 0.2) is 66.7 Å². The molecule has 0 heterocycles. The van der Waals surface area contributed by atoms with E-state index in [-0.39, 0.29) is 0 Å². The predicted octanol–water partition coefficient (Wildman–Crippen LogP) is 5.75. The fourth-order valence-electron chi connectivity index (χ4n) is 3.61. The first-order valence-corrected chi connectivity index (χ1v) is 9.32. The number of hydrogen-bond acceptors (Lipinski definition) is 1. The molecule has 7 rings (SSSR count). The Morgan fingerprint density at radius 1 is 0.654 bits per heavy atom. The van der Waals surface area contributed by atoms with Crippen LogP contribution in [0.5, 0.6) is 5.75 Å². The van der Waals surface area contributed by atoms with E-state index in [0.29, 0.717) is 0 Å². The van der Waals surface area contributed by atoms with E-state index in [0.717, 1.165) is 37.0 Å². The molecule has 0 unspecified atom stereocenters. The molecule has 0 aliphatic heterocycles. The molecule has 4 aliphatic carbocycles. The van der Waals surface area contributed by atoms with Gasteiger partial charge in [0.1, 0.15) is 5.75 Å². The third kappa shape index (κ3) is 3.72. The Balaban J connectivity index is 1.67. The molecule has 0 fully saturated rings. The van der Waals surface area contributed by atoms with E-state index in [2.05, 4.69) is 66.7 Å². The summed E-state index contributed by atoms with van der Waals surface area (Å²) in [5.41, 5.74) is 8.08. The van der Waals surface area contributed by atoms with Crippen molar-refractivity contribution in [2.24, 2.45) is 0 Å². The van der Waals surface area contributed by atoms with Gasteiger partial charge < -0.3 is 4.74 Å². The maximum Gasteiger partial charge on any atom is 0.126 e. The maximum atomic E-state index is 5.47. The number of para-hydroxylation sites is 1. The lowest BCUT2D eigenvalue weighted by atomic mass is 9.93. The van der Waals surface area contributed by atoms with Crippen LogP contribution in [0.4, 0.5) is 0 Å². The second-order valence-corrected chi connectivity index (χ2v) is 6.92. The van der Waals surface area contributed by atoms with Crippen LogP contribution in [0.25, 0.3) is 12.2 Å². The zero-order valence-electron chi connectivity index (χ0n) is 15.2. The average Bonchev–Trinajstić information content (AvgIpc) is 2.69. The average molecular weight is 340 g/mol. The van der Waals surface area contributed by atoms with Crippen LogP contribution in [-0.4, -0.2) is 7.11 Å². The molecule has 0 saturated carbocycles. The summed E-state index contributed by atoms with van der Waals surface area (Å²) in [7, 11) is 1.72. The first kappa shape index (κ1) is 16.7. The smallest absolute Gasteiger partial charge is 0.126 e. The van der Waals surface area contributed by atoms with Crippen LogP contribution in [0.2, 0.25) is 0 Å². The molecule has 4 aliphatic rings. The van der Waals surface area contributed by atoms with Crippen molar-refractivity contribution in [2.45, 2.75) is 25.7 Å². The molecule has 0 saturated heterocycles. The van der Waals surface area contributed by atoms with E-state index in [9.17, 15) is 0 Å². The highest BCUT2D eigenvalue weighted by Crippen LogP contribution is 2.24. The molecule has 3 aromatic carbocycles. The Kier molecular flexibility index (Phi) is 4.88. The lowest BCUT2D eigenvalue weighted by Crippen LogP contribution is -2.00. The molecular formula is C25H24O. The lowest BCUT2D eigenvalue weighted by molar-refractivity contribution is 0.414. The van der Waals surface area contributed by atoms with E-state index in [1.807, 2.05) is 12.1 Å². The van der Waals surface area contributed by atoms with Crippen molar-refractivity contribution < 1.29 is 4.74 Å². The summed E-state index contributed by atoms with van der Waals surface area (Å²) in [5, 5.41) is 0. The summed E-state index contributed by atoms with van der Waals surface area (Å²) in [6.07, 6.45) is 8.72. The Bertz CT molecular complexity index is 919. The van der Waals surface area contributed by atoms with Crippen molar-refractivity contribution in [3.05, 3.63) is 100 Å². The minimum Gasteiger partial charge on any atom is -0.496 e. The molecule has 0 aromatic heterocycles. The summed E-state index contributed by atoms with van der Waals surface area (Å²) in [6.45, 7) is 0. The molecule has 1 nitrogen and oxygen atoms in total. The van der Waals surface area contributed by atoms with Crippen molar-refractivity contribution in [1.29, 1.82) is 0 Å². The first-order valence-electron chi connectivity index (χ1n) is 9.32. The number of ether oxygens (including phenoxy) is 1. The van der Waals surface area contributed by atoms with E-state index >= 15 is 0 Å². The van der Waals surface area contributed by atoms with Gasteiger partial charge in [0.15, 0.2) is 0 Å². The topological polar surface area (TPSA) is 9.23 Å². The van der Waals surface area contributed by atoms with Crippen molar-refractivity contribution in [2.75, 3.05) is 7.11 Å².